The van der Waals surface area contributed by atoms with Crippen LogP contribution in [0.4, 0.5) is 10.1 Å². The van der Waals surface area contributed by atoms with Gasteiger partial charge in [0.2, 0.25) is 5.89 Å². The third kappa shape index (κ3) is 1.72. The monoisotopic (exact) mass is 242 g/mol. The van der Waals surface area contributed by atoms with Crippen LogP contribution in [0.15, 0.2) is 40.8 Å². The van der Waals surface area contributed by atoms with Crippen molar-refractivity contribution in [1.82, 2.24) is 4.98 Å². The molecule has 2 aromatic carbocycles. The highest BCUT2D eigenvalue weighted by atomic mass is 19.1. The Morgan fingerprint density at radius 1 is 1.22 bits per heavy atom. The van der Waals surface area contributed by atoms with Crippen molar-refractivity contribution in [3.8, 4) is 11.5 Å². The summed E-state index contributed by atoms with van der Waals surface area (Å²) in [5, 5.41) is 0. The summed E-state index contributed by atoms with van der Waals surface area (Å²) < 4.78 is 18.8. The number of fused-ring (bicyclic) bond motifs is 1. The van der Waals surface area contributed by atoms with Crippen LogP contribution in [0.3, 0.4) is 0 Å². The van der Waals surface area contributed by atoms with E-state index in [9.17, 15) is 4.39 Å². The third-order valence-corrected chi connectivity index (χ3v) is 2.77. The number of hydrogen-bond donors (Lipinski definition) is 1. The molecule has 0 aliphatic rings. The van der Waals surface area contributed by atoms with Crippen LogP contribution in [0.2, 0.25) is 0 Å². The predicted octanol–water partition coefficient (Wildman–Crippen LogP) is 3.52. The van der Waals surface area contributed by atoms with E-state index >= 15 is 0 Å². The highest BCUT2D eigenvalue weighted by Crippen LogP contribution is 2.28. The van der Waals surface area contributed by atoms with Gasteiger partial charge in [-0.15, -0.1) is 0 Å². The molecule has 0 amide bonds. The van der Waals surface area contributed by atoms with Crippen LogP contribution in [0.5, 0.6) is 0 Å². The molecule has 4 heteroatoms. The second kappa shape index (κ2) is 3.84. The Labute approximate surface area is 103 Å². The smallest absolute Gasteiger partial charge is 0.227 e. The van der Waals surface area contributed by atoms with E-state index in [0.29, 0.717) is 28.2 Å². The van der Waals surface area contributed by atoms with E-state index in [1.165, 1.54) is 12.1 Å². The van der Waals surface area contributed by atoms with Crippen LogP contribution in [-0.4, -0.2) is 4.98 Å². The molecule has 3 nitrogen and oxygen atoms in total. The maximum Gasteiger partial charge on any atom is 0.227 e. The van der Waals surface area contributed by atoms with Crippen LogP contribution >= 0.6 is 0 Å². The number of aryl methyl sites for hydroxylation is 1. The Bertz CT molecular complexity index is 734. The molecule has 0 atom stereocenters. The molecule has 0 bridgehead atoms. The molecule has 0 aliphatic carbocycles. The van der Waals surface area contributed by atoms with Gasteiger partial charge in [-0.3, -0.25) is 0 Å². The zero-order valence-electron chi connectivity index (χ0n) is 9.77. The number of nitrogens with zero attached hydrogens (tertiary/aromatic N) is 1. The average Bonchev–Trinajstić information content (AvgIpc) is 2.73. The normalized spacial score (nSPS) is 11.0. The van der Waals surface area contributed by atoms with Gasteiger partial charge in [-0.25, -0.2) is 9.37 Å². The molecule has 0 fully saturated rings. The quantitative estimate of drug-likeness (QED) is 0.664. The Hall–Kier alpha value is -2.36. The van der Waals surface area contributed by atoms with E-state index in [0.717, 1.165) is 5.56 Å². The van der Waals surface area contributed by atoms with E-state index in [1.807, 2.05) is 13.0 Å². The summed E-state index contributed by atoms with van der Waals surface area (Å²) in [5.41, 5.74) is 9.30. The minimum absolute atomic E-state index is 0.314. The van der Waals surface area contributed by atoms with Gasteiger partial charge >= 0.3 is 0 Å². The number of benzene rings is 2. The van der Waals surface area contributed by atoms with Crippen LogP contribution in [0.25, 0.3) is 22.6 Å². The maximum atomic E-state index is 13.2. The first-order chi connectivity index (χ1) is 8.63. The topological polar surface area (TPSA) is 52.0 Å². The second-order valence-electron chi connectivity index (χ2n) is 4.22. The Morgan fingerprint density at radius 2 is 2.06 bits per heavy atom. The van der Waals surface area contributed by atoms with Crippen molar-refractivity contribution in [2.75, 3.05) is 5.73 Å². The molecule has 0 radical (unpaired) electrons. The predicted molar refractivity (Wildman–Crippen MR) is 68.6 cm³/mol. The number of anilines is 1. The van der Waals surface area contributed by atoms with Crippen LogP contribution < -0.4 is 5.73 Å². The van der Waals surface area contributed by atoms with Gasteiger partial charge in [0, 0.05) is 11.3 Å². The lowest BCUT2D eigenvalue weighted by atomic mass is 10.2. The highest BCUT2D eigenvalue weighted by molar-refractivity contribution is 5.82. The Morgan fingerprint density at radius 3 is 2.83 bits per heavy atom. The molecule has 90 valence electrons. The Balaban J connectivity index is 2.22. The van der Waals surface area contributed by atoms with E-state index in [1.54, 1.807) is 18.2 Å². The van der Waals surface area contributed by atoms with E-state index in [-0.39, 0.29) is 5.82 Å². The van der Waals surface area contributed by atoms with Crippen molar-refractivity contribution in [2.24, 2.45) is 0 Å². The van der Waals surface area contributed by atoms with Gasteiger partial charge < -0.3 is 10.2 Å². The number of nitrogen functional groups attached to an aromatic ring is 1. The van der Waals surface area contributed by atoms with Crippen molar-refractivity contribution >= 4 is 16.8 Å². The zero-order valence-corrected chi connectivity index (χ0v) is 9.77. The van der Waals surface area contributed by atoms with Crippen molar-refractivity contribution in [3.63, 3.8) is 0 Å². The second-order valence-corrected chi connectivity index (χ2v) is 4.22. The minimum Gasteiger partial charge on any atom is -0.436 e. The molecule has 0 unspecified atom stereocenters. The summed E-state index contributed by atoms with van der Waals surface area (Å²) in [6.45, 7) is 1.90. The summed E-state index contributed by atoms with van der Waals surface area (Å²) >= 11 is 0. The fraction of sp³-hybridized carbons (Fsp3) is 0.0714. The lowest BCUT2D eigenvalue weighted by Crippen LogP contribution is -1.85. The van der Waals surface area contributed by atoms with Crippen molar-refractivity contribution in [1.29, 1.82) is 0 Å². The zero-order chi connectivity index (χ0) is 12.7. The molecular weight excluding hydrogens is 231 g/mol. The first kappa shape index (κ1) is 10.8. The molecule has 1 heterocycles. The molecular formula is C14H11FN2O. The summed E-state index contributed by atoms with van der Waals surface area (Å²) in [6.07, 6.45) is 0. The summed E-state index contributed by atoms with van der Waals surface area (Å²) in [4.78, 5) is 4.33. The molecule has 18 heavy (non-hydrogen) atoms. The average molecular weight is 242 g/mol. The van der Waals surface area contributed by atoms with E-state index < -0.39 is 0 Å². The van der Waals surface area contributed by atoms with Gasteiger partial charge in [0.25, 0.3) is 0 Å². The van der Waals surface area contributed by atoms with Gasteiger partial charge in [-0.05, 0) is 42.8 Å². The number of oxazole rings is 1. The molecule has 0 saturated carbocycles. The van der Waals surface area contributed by atoms with Gasteiger partial charge in [-0.1, -0.05) is 6.07 Å². The summed E-state index contributed by atoms with van der Waals surface area (Å²) in [5.74, 6) is 0.0872. The number of nitrogens with two attached hydrogens (primary N) is 1. The highest BCUT2D eigenvalue weighted by Gasteiger charge is 2.11. The molecule has 0 spiro atoms. The van der Waals surface area contributed by atoms with E-state index in [4.69, 9.17) is 10.2 Å². The van der Waals surface area contributed by atoms with Crippen LogP contribution in [0.1, 0.15) is 5.56 Å². The maximum absolute atomic E-state index is 13.2. The van der Waals surface area contributed by atoms with E-state index in [2.05, 4.69) is 4.98 Å². The lowest BCUT2D eigenvalue weighted by molar-refractivity contribution is 0.609. The van der Waals surface area contributed by atoms with Crippen molar-refractivity contribution < 1.29 is 8.81 Å². The van der Waals surface area contributed by atoms with Crippen LogP contribution in [-0.2, 0) is 0 Å². The summed E-state index contributed by atoms with van der Waals surface area (Å²) in [7, 11) is 0. The first-order valence-corrected chi connectivity index (χ1v) is 5.56. The fourth-order valence-electron chi connectivity index (χ4n) is 1.97. The van der Waals surface area contributed by atoms with Gasteiger partial charge in [-0.2, -0.15) is 0 Å². The Kier molecular flexibility index (Phi) is 2.30. The lowest BCUT2D eigenvalue weighted by Gasteiger charge is -1.95. The largest absolute Gasteiger partial charge is 0.436 e. The summed E-state index contributed by atoms with van der Waals surface area (Å²) in [6, 6.07) is 9.73. The van der Waals surface area contributed by atoms with Crippen molar-refractivity contribution in [3.05, 3.63) is 47.8 Å². The third-order valence-electron chi connectivity index (χ3n) is 2.77. The number of rotatable bonds is 1. The first-order valence-electron chi connectivity index (χ1n) is 5.56. The fourth-order valence-corrected chi connectivity index (χ4v) is 1.97. The number of hydrogen-bond acceptors (Lipinski definition) is 3. The molecule has 0 aliphatic heterocycles. The molecule has 0 saturated heterocycles. The number of halogens is 1. The van der Waals surface area contributed by atoms with Crippen LogP contribution in [0, 0.1) is 12.7 Å². The SMILES string of the molecule is Cc1cc(N)cc2nc(-c3cccc(F)c3)oc12. The van der Waals surface area contributed by atoms with Crippen molar-refractivity contribution in [2.45, 2.75) is 6.92 Å². The molecule has 3 rings (SSSR count). The minimum atomic E-state index is -0.314. The van der Waals surface area contributed by atoms with Gasteiger partial charge in [0.1, 0.15) is 11.3 Å². The number of aromatic nitrogens is 1. The standard InChI is InChI=1S/C14H11FN2O/c1-8-5-11(16)7-12-13(8)18-14(17-12)9-3-2-4-10(15)6-9/h2-7H,16H2,1H3. The molecule has 1 aromatic heterocycles. The molecule has 3 aromatic rings. The molecule has 2 N–H and O–H groups in total. The van der Waals surface area contributed by atoms with Gasteiger partial charge in [0.05, 0.1) is 0 Å². The van der Waals surface area contributed by atoms with Gasteiger partial charge in [0.15, 0.2) is 5.58 Å².